The number of hydrogen-bond donors (Lipinski definition) is 6. The molecular weight excluding hydrogens is 800 g/mol. The molecule has 18 nitrogen and oxygen atoms in total. The molecule has 0 bridgehead atoms. The minimum Gasteiger partial charge on any atom is -0.481 e. The van der Waals surface area contributed by atoms with Crippen LogP contribution in [-0.4, -0.2) is 183 Å². The van der Waals surface area contributed by atoms with E-state index < -0.39 is 35.9 Å². The minimum atomic E-state index is -1.18. The first-order valence-corrected chi connectivity index (χ1v) is 19.7. The highest BCUT2D eigenvalue weighted by Crippen LogP contribution is 2.15. The highest BCUT2D eigenvalue weighted by Gasteiger charge is 2.28. The summed E-state index contributed by atoms with van der Waals surface area (Å²) in [6.07, 6.45) is 3.09. The predicted molar refractivity (Wildman–Crippen MR) is 207 cm³/mol. The molecule has 6 N–H and O–H groups in total. The highest BCUT2D eigenvalue weighted by molar-refractivity contribution is 9.10. The summed E-state index contributed by atoms with van der Waals surface area (Å²) in [6.45, 7) is 1.51. The second-order valence-electron chi connectivity index (χ2n) is 13.9. The molecule has 0 radical (unpaired) electrons. The molecule has 1 heterocycles. The monoisotopic (exact) mass is 856 g/mol. The predicted octanol–water partition coefficient (Wildman–Crippen LogP) is 1.42. The lowest BCUT2D eigenvalue weighted by Gasteiger charge is -2.35. The topological polar surface area (TPSA) is 249 Å². The van der Waals surface area contributed by atoms with Gasteiger partial charge in [-0.2, -0.15) is 0 Å². The van der Waals surface area contributed by atoms with Crippen LogP contribution in [0, 0.1) is 0 Å². The molecule has 2 amide bonds. The van der Waals surface area contributed by atoms with Crippen LogP contribution in [0.25, 0.3) is 0 Å². The summed E-state index contributed by atoms with van der Waals surface area (Å²) < 4.78 is 0.921. The van der Waals surface area contributed by atoms with Crippen molar-refractivity contribution in [2.75, 3.05) is 85.1 Å². The third-order valence-electron chi connectivity index (χ3n) is 9.42. The van der Waals surface area contributed by atoms with Crippen LogP contribution in [0.4, 0.5) is 0 Å². The molecule has 0 aromatic heterocycles. The SMILES string of the molecule is O=C(O)CCCCCN(Cc1ccc(Br)cc1)C(=O)CCCCNC(=O)CCC(C(=O)O)N1CCN(CC(=O)O)CCN(CC(=O)O)CCN(CC(=O)O)CC1. The van der Waals surface area contributed by atoms with Crippen LogP contribution in [-0.2, 0) is 40.1 Å². The van der Waals surface area contributed by atoms with Crippen molar-refractivity contribution in [2.45, 2.75) is 70.4 Å². The number of benzene rings is 1. The van der Waals surface area contributed by atoms with Gasteiger partial charge < -0.3 is 35.7 Å². The van der Waals surface area contributed by atoms with E-state index in [1.807, 2.05) is 24.3 Å². The molecule has 1 saturated heterocycles. The zero-order chi connectivity index (χ0) is 41.5. The van der Waals surface area contributed by atoms with E-state index >= 15 is 0 Å². The van der Waals surface area contributed by atoms with Crippen molar-refractivity contribution < 1.29 is 59.1 Å². The fourth-order valence-electron chi connectivity index (χ4n) is 6.38. The lowest BCUT2D eigenvalue weighted by Crippen LogP contribution is -2.52. The van der Waals surface area contributed by atoms with E-state index in [4.69, 9.17) is 5.11 Å². The van der Waals surface area contributed by atoms with Crippen LogP contribution in [0.2, 0.25) is 0 Å². The van der Waals surface area contributed by atoms with Crippen LogP contribution in [0.3, 0.4) is 0 Å². The Labute approximate surface area is 335 Å². The summed E-state index contributed by atoms with van der Waals surface area (Å²) in [5.41, 5.74) is 0.964. The Kier molecular flexibility index (Phi) is 22.8. The van der Waals surface area contributed by atoms with Crippen molar-refractivity contribution in [3.05, 3.63) is 34.3 Å². The second-order valence-corrected chi connectivity index (χ2v) is 14.8. The standard InChI is InChI=1S/C37H57BrN6O12/c38-29-10-8-28(9-11-29)24-44(15-5-1-2-7-33(47)48)32(46)6-3-4-14-39-31(45)13-12-30(37(55)56)43-22-20-41(26-35(51)52)18-16-40(25-34(49)50)17-19-42(21-23-43)27-36(53)54/h8-11,30H,1-7,12-27H2,(H,39,45)(H,47,48)(H,49,50)(H,51,52)(H,53,54)(H,55,56). The van der Waals surface area contributed by atoms with Crippen LogP contribution < -0.4 is 5.32 Å². The third-order valence-corrected chi connectivity index (χ3v) is 9.95. The number of carboxylic acids is 5. The molecule has 56 heavy (non-hydrogen) atoms. The Morgan fingerprint density at radius 1 is 0.625 bits per heavy atom. The summed E-state index contributed by atoms with van der Waals surface area (Å²) in [7, 11) is 0. The molecule has 1 fully saturated rings. The van der Waals surface area contributed by atoms with Gasteiger partial charge in [0.1, 0.15) is 6.04 Å². The first-order chi connectivity index (χ1) is 26.6. The third kappa shape index (κ3) is 21.2. The first kappa shape index (κ1) is 48.0. The van der Waals surface area contributed by atoms with Gasteiger partial charge in [-0.15, -0.1) is 0 Å². The van der Waals surface area contributed by atoms with E-state index in [2.05, 4.69) is 21.2 Å². The van der Waals surface area contributed by atoms with Crippen molar-refractivity contribution in [1.82, 2.24) is 29.8 Å². The summed E-state index contributed by atoms with van der Waals surface area (Å²) in [5.74, 6) is -5.71. The molecule has 2 rings (SSSR count). The summed E-state index contributed by atoms with van der Waals surface area (Å²) >= 11 is 3.41. The number of rotatable bonds is 24. The number of carboxylic acid groups (broad SMARTS) is 5. The number of nitrogens with one attached hydrogen (secondary N) is 1. The quantitative estimate of drug-likeness (QED) is 0.0805. The lowest BCUT2D eigenvalue weighted by atomic mass is 10.1. The number of hydrogen-bond acceptors (Lipinski definition) is 11. The van der Waals surface area contributed by atoms with Gasteiger partial charge in [0.2, 0.25) is 11.8 Å². The van der Waals surface area contributed by atoms with Gasteiger partial charge in [0.15, 0.2) is 0 Å². The summed E-state index contributed by atoms with van der Waals surface area (Å²) in [5, 5.41) is 50.2. The van der Waals surface area contributed by atoms with Crippen LogP contribution in [0.15, 0.2) is 28.7 Å². The normalized spacial score (nSPS) is 15.9. The van der Waals surface area contributed by atoms with E-state index in [1.54, 1.807) is 24.5 Å². The van der Waals surface area contributed by atoms with E-state index in [1.165, 1.54) is 0 Å². The molecule has 1 aliphatic heterocycles. The average molecular weight is 858 g/mol. The zero-order valence-corrected chi connectivity index (χ0v) is 33.4. The van der Waals surface area contributed by atoms with E-state index in [0.717, 1.165) is 10.0 Å². The van der Waals surface area contributed by atoms with E-state index in [-0.39, 0.29) is 116 Å². The van der Waals surface area contributed by atoms with Gasteiger partial charge in [-0.05, 0) is 49.8 Å². The Hall–Kier alpha value is -4.17. The van der Waals surface area contributed by atoms with Crippen LogP contribution in [0.1, 0.15) is 63.4 Å². The maximum absolute atomic E-state index is 13.2. The molecule has 0 spiro atoms. The Morgan fingerprint density at radius 3 is 1.61 bits per heavy atom. The number of amides is 2. The Balaban J connectivity index is 1.96. The van der Waals surface area contributed by atoms with Gasteiger partial charge in [0, 0.05) is 95.7 Å². The lowest BCUT2D eigenvalue weighted by molar-refractivity contribution is -0.145. The van der Waals surface area contributed by atoms with Crippen LogP contribution >= 0.6 is 15.9 Å². The number of carbonyl (C=O) groups is 7. The van der Waals surface area contributed by atoms with Crippen molar-refractivity contribution in [1.29, 1.82) is 0 Å². The first-order valence-electron chi connectivity index (χ1n) is 18.9. The van der Waals surface area contributed by atoms with Gasteiger partial charge in [-0.25, -0.2) is 0 Å². The number of aliphatic carboxylic acids is 5. The molecule has 1 aromatic rings. The number of nitrogens with zero attached hydrogens (tertiary/aromatic N) is 5. The minimum absolute atomic E-state index is 0.0470. The zero-order valence-electron chi connectivity index (χ0n) is 31.9. The van der Waals surface area contributed by atoms with Crippen molar-refractivity contribution in [3.8, 4) is 0 Å². The fourth-order valence-corrected chi connectivity index (χ4v) is 6.64. The van der Waals surface area contributed by atoms with Gasteiger partial charge in [-0.3, -0.25) is 53.2 Å². The van der Waals surface area contributed by atoms with Gasteiger partial charge in [-0.1, -0.05) is 34.5 Å². The van der Waals surface area contributed by atoms with E-state index in [9.17, 15) is 54.0 Å². The number of carbonyl (C=O) groups excluding carboxylic acids is 2. The summed E-state index contributed by atoms with van der Waals surface area (Å²) in [6, 6.07) is 6.54. The molecule has 1 atom stereocenters. The molecule has 1 unspecified atom stereocenters. The van der Waals surface area contributed by atoms with Crippen molar-refractivity contribution in [3.63, 3.8) is 0 Å². The molecule has 0 saturated carbocycles. The molecule has 314 valence electrons. The molecule has 1 aromatic carbocycles. The smallest absolute Gasteiger partial charge is 0.320 e. The Morgan fingerprint density at radius 2 is 1.12 bits per heavy atom. The maximum atomic E-state index is 13.2. The molecule has 19 heteroatoms. The fraction of sp³-hybridized carbons (Fsp3) is 0.649. The highest BCUT2D eigenvalue weighted by atomic mass is 79.9. The van der Waals surface area contributed by atoms with Gasteiger partial charge in [0.05, 0.1) is 19.6 Å². The second kappa shape index (κ2) is 26.6. The number of halogens is 1. The van der Waals surface area contributed by atoms with Crippen LogP contribution in [0.5, 0.6) is 0 Å². The molecular formula is C37H57BrN6O12. The number of unbranched alkanes of at least 4 members (excludes halogenated alkanes) is 3. The Bertz CT molecular complexity index is 1400. The molecule has 1 aliphatic rings. The van der Waals surface area contributed by atoms with Crippen molar-refractivity contribution in [2.24, 2.45) is 0 Å². The van der Waals surface area contributed by atoms with Gasteiger partial charge >= 0.3 is 29.8 Å². The largest absolute Gasteiger partial charge is 0.481 e. The van der Waals surface area contributed by atoms with Gasteiger partial charge in [0.25, 0.3) is 0 Å². The maximum Gasteiger partial charge on any atom is 0.320 e. The van der Waals surface area contributed by atoms with Crippen molar-refractivity contribution >= 4 is 57.6 Å². The average Bonchev–Trinajstić information content (AvgIpc) is 3.11. The van der Waals surface area contributed by atoms with E-state index in [0.29, 0.717) is 45.2 Å². The molecule has 0 aliphatic carbocycles. The summed E-state index contributed by atoms with van der Waals surface area (Å²) in [4.78, 5) is 92.2.